The van der Waals surface area contributed by atoms with Crippen molar-refractivity contribution < 1.29 is 0 Å². The lowest BCUT2D eigenvalue weighted by molar-refractivity contribution is 0.480. The summed E-state index contributed by atoms with van der Waals surface area (Å²) in [4.78, 5) is 4.39. The summed E-state index contributed by atoms with van der Waals surface area (Å²) in [5, 5.41) is 3.70. The number of aromatic nitrogens is 3. The number of rotatable bonds is 7. The van der Waals surface area contributed by atoms with Gasteiger partial charge < -0.3 is 14.5 Å². The molecule has 1 fully saturated rings. The molecular weight excluding hydrogens is 248 g/mol. The molecule has 1 aliphatic carbocycles. The van der Waals surface area contributed by atoms with Crippen LogP contribution in [0.3, 0.4) is 0 Å². The Balaban J connectivity index is 1.70. The molecule has 4 heteroatoms. The highest BCUT2D eigenvalue weighted by Crippen LogP contribution is 2.41. The van der Waals surface area contributed by atoms with Gasteiger partial charge in [-0.3, -0.25) is 0 Å². The SMILES string of the molecule is CCCNC(c1ccn(Cc2nccn2C)c1)C1CC1. The van der Waals surface area contributed by atoms with Crippen LogP contribution >= 0.6 is 0 Å². The second-order valence-electron chi connectivity index (χ2n) is 5.84. The Kier molecular flexibility index (Phi) is 3.92. The van der Waals surface area contributed by atoms with Crippen LogP contribution in [0.5, 0.6) is 0 Å². The fourth-order valence-electron chi connectivity index (χ4n) is 2.74. The van der Waals surface area contributed by atoms with Gasteiger partial charge in [0.15, 0.2) is 0 Å². The van der Waals surface area contributed by atoms with E-state index in [2.05, 4.69) is 44.8 Å². The summed E-state index contributed by atoms with van der Waals surface area (Å²) < 4.78 is 4.31. The van der Waals surface area contributed by atoms with Crippen molar-refractivity contribution >= 4 is 0 Å². The molecule has 1 N–H and O–H groups in total. The first kappa shape index (κ1) is 13.4. The predicted molar refractivity (Wildman–Crippen MR) is 80.5 cm³/mol. The molecule has 0 amide bonds. The molecule has 0 aromatic carbocycles. The van der Waals surface area contributed by atoms with E-state index in [4.69, 9.17) is 0 Å². The minimum Gasteiger partial charge on any atom is -0.346 e. The summed E-state index contributed by atoms with van der Waals surface area (Å²) in [6, 6.07) is 2.80. The first-order chi connectivity index (χ1) is 9.78. The van der Waals surface area contributed by atoms with Gasteiger partial charge in [0.25, 0.3) is 0 Å². The Hall–Kier alpha value is -1.55. The Morgan fingerprint density at radius 1 is 1.40 bits per heavy atom. The zero-order valence-corrected chi connectivity index (χ0v) is 12.4. The van der Waals surface area contributed by atoms with Crippen LogP contribution in [0, 0.1) is 5.92 Å². The number of hydrogen-bond acceptors (Lipinski definition) is 2. The van der Waals surface area contributed by atoms with Crippen LogP contribution in [0.15, 0.2) is 30.9 Å². The van der Waals surface area contributed by atoms with E-state index in [-0.39, 0.29) is 0 Å². The number of imidazole rings is 1. The zero-order chi connectivity index (χ0) is 13.9. The van der Waals surface area contributed by atoms with Gasteiger partial charge >= 0.3 is 0 Å². The standard InChI is InChI=1S/C16H24N4/c1-3-7-18-16(13-4-5-13)14-6-9-20(11-14)12-15-17-8-10-19(15)2/h6,8-11,13,16,18H,3-5,7,12H2,1-2H3. The molecule has 0 bridgehead atoms. The summed E-state index contributed by atoms with van der Waals surface area (Å²) in [5.74, 6) is 1.93. The smallest absolute Gasteiger partial charge is 0.128 e. The lowest BCUT2D eigenvalue weighted by Crippen LogP contribution is -2.23. The largest absolute Gasteiger partial charge is 0.346 e. The lowest BCUT2D eigenvalue weighted by Gasteiger charge is -2.16. The van der Waals surface area contributed by atoms with Crippen LogP contribution in [0.4, 0.5) is 0 Å². The summed E-state index contributed by atoms with van der Waals surface area (Å²) in [6.07, 6.45) is 12.2. The summed E-state index contributed by atoms with van der Waals surface area (Å²) >= 11 is 0. The number of hydrogen-bond donors (Lipinski definition) is 1. The monoisotopic (exact) mass is 272 g/mol. The molecular formula is C16H24N4. The van der Waals surface area contributed by atoms with Crippen molar-refractivity contribution in [2.24, 2.45) is 13.0 Å². The minimum atomic E-state index is 0.539. The molecule has 0 spiro atoms. The van der Waals surface area contributed by atoms with Crippen LogP contribution in [-0.4, -0.2) is 20.7 Å². The molecule has 0 saturated heterocycles. The average molecular weight is 272 g/mol. The third-order valence-electron chi connectivity index (χ3n) is 4.09. The highest BCUT2D eigenvalue weighted by molar-refractivity contribution is 5.19. The van der Waals surface area contributed by atoms with Crippen molar-refractivity contribution in [3.8, 4) is 0 Å². The normalized spacial score (nSPS) is 16.5. The highest BCUT2D eigenvalue weighted by Gasteiger charge is 2.32. The van der Waals surface area contributed by atoms with Gasteiger partial charge in [-0.2, -0.15) is 0 Å². The molecule has 2 aromatic heterocycles. The van der Waals surface area contributed by atoms with E-state index < -0.39 is 0 Å². The molecule has 2 aromatic rings. The van der Waals surface area contributed by atoms with Crippen LogP contribution < -0.4 is 5.32 Å². The molecule has 1 atom stereocenters. The average Bonchev–Trinajstić information content (AvgIpc) is 3.05. The Morgan fingerprint density at radius 2 is 2.25 bits per heavy atom. The van der Waals surface area contributed by atoms with Gasteiger partial charge in [0.1, 0.15) is 5.82 Å². The van der Waals surface area contributed by atoms with E-state index in [0.29, 0.717) is 6.04 Å². The number of nitrogens with one attached hydrogen (secondary N) is 1. The van der Waals surface area contributed by atoms with E-state index in [0.717, 1.165) is 24.8 Å². The fraction of sp³-hybridized carbons (Fsp3) is 0.562. The second kappa shape index (κ2) is 5.83. The van der Waals surface area contributed by atoms with Gasteiger partial charge in [-0.25, -0.2) is 4.98 Å². The first-order valence-corrected chi connectivity index (χ1v) is 7.63. The van der Waals surface area contributed by atoms with Crippen LogP contribution in [0.25, 0.3) is 0 Å². The van der Waals surface area contributed by atoms with Crippen molar-refractivity contribution in [2.45, 2.75) is 38.8 Å². The third-order valence-corrected chi connectivity index (χ3v) is 4.09. The van der Waals surface area contributed by atoms with E-state index in [9.17, 15) is 0 Å². The Bertz CT molecular complexity index is 550. The predicted octanol–water partition coefficient (Wildman–Crippen LogP) is 2.72. The maximum Gasteiger partial charge on any atom is 0.128 e. The topological polar surface area (TPSA) is 34.8 Å². The summed E-state index contributed by atoms with van der Waals surface area (Å²) in [6.45, 7) is 4.17. The van der Waals surface area contributed by atoms with E-state index in [1.165, 1.54) is 24.8 Å². The van der Waals surface area contributed by atoms with Crippen LogP contribution in [-0.2, 0) is 13.6 Å². The fourth-order valence-corrected chi connectivity index (χ4v) is 2.74. The van der Waals surface area contributed by atoms with Gasteiger partial charge in [0.05, 0.1) is 6.54 Å². The van der Waals surface area contributed by atoms with Crippen molar-refractivity contribution in [1.29, 1.82) is 0 Å². The number of nitrogens with zero attached hydrogens (tertiary/aromatic N) is 3. The molecule has 0 radical (unpaired) electrons. The van der Waals surface area contributed by atoms with Crippen molar-refractivity contribution in [2.75, 3.05) is 6.54 Å². The van der Waals surface area contributed by atoms with Crippen molar-refractivity contribution in [3.63, 3.8) is 0 Å². The van der Waals surface area contributed by atoms with Gasteiger partial charge in [-0.15, -0.1) is 0 Å². The molecule has 0 aliphatic heterocycles. The second-order valence-corrected chi connectivity index (χ2v) is 5.84. The zero-order valence-electron chi connectivity index (χ0n) is 12.4. The Labute approximate surface area is 120 Å². The molecule has 2 heterocycles. The van der Waals surface area contributed by atoms with E-state index in [1.54, 1.807) is 0 Å². The van der Waals surface area contributed by atoms with Gasteiger partial charge in [-0.1, -0.05) is 6.92 Å². The van der Waals surface area contributed by atoms with Crippen LogP contribution in [0.1, 0.15) is 43.6 Å². The van der Waals surface area contributed by atoms with Crippen LogP contribution in [0.2, 0.25) is 0 Å². The minimum absolute atomic E-state index is 0.539. The van der Waals surface area contributed by atoms with E-state index >= 15 is 0 Å². The quantitative estimate of drug-likeness (QED) is 0.841. The molecule has 1 aliphatic rings. The lowest BCUT2D eigenvalue weighted by atomic mass is 10.1. The first-order valence-electron chi connectivity index (χ1n) is 7.63. The molecule has 1 saturated carbocycles. The third kappa shape index (κ3) is 2.96. The van der Waals surface area contributed by atoms with Gasteiger partial charge in [0.2, 0.25) is 0 Å². The molecule has 3 rings (SSSR count). The maximum atomic E-state index is 4.39. The van der Waals surface area contributed by atoms with Gasteiger partial charge in [0, 0.05) is 37.9 Å². The van der Waals surface area contributed by atoms with Crippen molar-refractivity contribution in [1.82, 2.24) is 19.4 Å². The van der Waals surface area contributed by atoms with Crippen molar-refractivity contribution in [3.05, 3.63) is 42.2 Å². The highest BCUT2D eigenvalue weighted by atomic mass is 15.1. The van der Waals surface area contributed by atoms with Gasteiger partial charge in [-0.05, 0) is 43.4 Å². The molecule has 1 unspecified atom stereocenters. The number of aryl methyl sites for hydroxylation is 1. The van der Waals surface area contributed by atoms with E-state index in [1.807, 2.05) is 19.4 Å². The Morgan fingerprint density at radius 3 is 2.90 bits per heavy atom. The molecule has 108 valence electrons. The summed E-state index contributed by atoms with van der Waals surface area (Å²) in [5.41, 5.74) is 1.43. The maximum absolute atomic E-state index is 4.39. The molecule has 20 heavy (non-hydrogen) atoms. The molecule has 4 nitrogen and oxygen atoms in total. The summed E-state index contributed by atoms with van der Waals surface area (Å²) in [7, 11) is 2.04.